The number of aryl methyl sites for hydroxylation is 1. The second kappa shape index (κ2) is 6.75. The van der Waals surface area contributed by atoms with Crippen LogP contribution in [0.25, 0.3) is 5.69 Å². The molecule has 120 valence electrons. The Morgan fingerprint density at radius 3 is 2.87 bits per heavy atom. The molecule has 23 heavy (non-hydrogen) atoms. The van der Waals surface area contributed by atoms with Crippen molar-refractivity contribution in [3.8, 4) is 5.69 Å². The second-order valence-corrected chi connectivity index (χ2v) is 5.59. The highest BCUT2D eigenvalue weighted by Gasteiger charge is 2.19. The van der Waals surface area contributed by atoms with Crippen molar-refractivity contribution < 1.29 is 9.53 Å². The molecule has 0 saturated carbocycles. The smallest absolute Gasteiger partial charge is 0.275 e. The van der Waals surface area contributed by atoms with Crippen LogP contribution in [0.4, 0.5) is 0 Å². The normalized spacial score (nSPS) is 17.2. The third-order valence-electron chi connectivity index (χ3n) is 3.84. The molecule has 1 saturated heterocycles. The Morgan fingerprint density at radius 1 is 1.39 bits per heavy atom. The van der Waals surface area contributed by atoms with Gasteiger partial charge in [0.2, 0.25) is 5.43 Å². The fourth-order valence-electron chi connectivity index (χ4n) is 2.63. The predicted molar refractivity (Wildman–Crippen MR) is 85.9 cm³/mol. The Morgan fingerprint density at radius 2 is 2.17 bits per heavy atom. The van der Waals surface area contributed by atoms with E-state index in [1.54, 1.807) is 11.6 Å². The molecule has 0 spiro atoms. The highest BCUT2D eigenvalue weighted by molar-refractivity contribution is 5.92. The number of carbonyl (C=O) groups excluding carboxylic acids is 1. The van der Waals surface area contributed by atoms with Crippen LogP contribution in [0.1, 0.15) is 29.0 Å². The van der Waals surface area contributed by atoms with Crippen LogP contribution in [0.2, 0.25) is 0 Å². The van der Waals surface area contributed by atoms with Crippen LogP contribution in [0.3, 0.4) is 0 Å². The zero-order valence-corrected chi connectivity index (χ0v) is 13.0. The zero-order valence-electron chi connectivity index (χ0n) is 13.0. The van der Waals surface area contributed by atoms with Crippen molar-refractivity contribution in [1.82, 2.24) is 15.1 Å². The molecular formula is C17H19N3O3. The average molecular weight is 313 g/mol. The van der Waals surface area contributed by atoms with Gasteiger partial charge in [0.15, 0.2) is 5.69 Å². The molecule has 2 aromatic rings. The van der Waals surface area contributed by atoms with E-state index in [1.807, 2.05) is 30.3 Å². The van der Waals surface area contributed by atoms with Gasteiger partial charge in [-0.2, -0.15) is 5.10 Å². The number of ether oxygens (including phenoxy) is 1. The van der Waals surface area contributed by atoms with Gasteiger partial charge in [-0.3, -0.25) is 9.59 Å². The molecule has 6 nitrogen and oxygen atoms in total. The maximum atomic E-state index is 12.3. The second-order valence-electron chi connectivity index (χ2n) is 5.59. The molecule has 1 aromatic carbocycles. The summed E-state index contributed by atoms with van der Waals surface area (Å²) in [5.41, 5.74) is 1.01. The van der Waals surface area contributed by atoms with Gasteiger partial charge in [0.1, 0.15) is 0 Å². The number of benzene rings is 1. The standard InChI is InChI=1S/C17H19N3O3/c1-12-10-15(21)16(17(22)18-11-14-8-5-9-23-14)19-20(12)13-6-3-2-4-7-13/h2-4,6-7,10,14H,5,8-9,11H2,1H3,(H,18,22). The first-order chi connectivity index (χ1) is 11.1. The van der Waals surface area contributed by atoms with E-state index < -0.39 is 5.91 Å². The van der Waals surface area contributed by atoms with Crippen LogP contribution in [-0.2, 0) is 4.74 Å². The van der Waals surface area contributed by atoms with Crippen molar-refractivity contribution in [2.24, 2.45) is 0 Å². The molecule has 6 heteroatoms. The number of rotatable bonds is 4. The fraction of sp³-hybridized carbons (Fsp3) is 0.353. The van der Waals surface area contributed by atoms with E-state index in [1.165, 1.54) is 6.07 Å². The van der Waals surface area contributed by atoms with Crippen LogP contribution in [-0.4, -0.2) is 34.9 Å². The van der Waals surface area contributed by atoms with Crippen molar-refractivity contribution in [3.05, 3.63) is 58.0 Å². The molecule has 0 radical (unpaired) electrons. The van der Waals surface area contributed by atoms with E-state index >= 15 is 0 Å². The number of amides is 1. The number of carbonyl (C=O) groups is 1. The highest BCUT2D eigenvalue weighted by atomic mass is 16.5. The number of hydrogen-bond acceptors (Lipinski definition) is 4. The van der Waals surface area contributed by atoms with Gasteiger partial charge >= 0.3 is 0 Å². The van der Waals surface area contributed by atoms with E-state index in [4.69, 9.17) is 4.74 Å². The van der Waals surface area contributed by atoms with E-state index in [0.29, 0.717) is 12.2 Å². The average Bonchev–Trinajstić information content (AvgIpc) is 3.07. The number of para-hydroxylation sites is 1. The van der Waals surface area contributed by atoms with Gasteiger partial charge in [0.25, 0.3) is 5.91 Å². The highest BCUT2D eigenvalue weighted by Crippen LogP contribution is 2.11. The molecule has 1 fully saturated rings. The van der Waals surface area contributed by atoms with Crippen LogP contribution < -0.4 is 10.7 Å². The first-order valence-electron chi connectivity index (χ1n) is 7.71. The lowest BCUT2D eigenvalue weighted by Crippen LogP contribution is -2.36. The van der Waals surface area contributed by atoms with Gasteiger partial charge in [-0.15, -0.1) is 0 Å². The lowest BCUT2D eigenvalue weighted by Gasteiger charge is -2.13. The van der Waals surface area contributed by atoms with Gasteiger partial charge in [0, 0.05) is 24.9 Å². The van der Waals surface area contributed by atoms with E-state index in [9.17, 15) is 9.59 Å². The van der Waals surface area contributed by atoms with Crippen molar-refractivity contribution in [1.29, 1.82) is 0 Å². The summed E-state index contributed by atoms with van der Waals surface area (Å²) in [6.45, 7) is 2.92. The molecule has 1 aromatic heterocycles. The molecule has 3 rings (SSSR count). The fourth-order valence-corrected chi connectivity index (χ4v) is 2.63. The number of nitrogens with one attached hydrogen (secondary N) is 1. The van der Waals surface area contributed by atoms with E-state index in [2.05, 4.69) is 10.4 Å². The van der Waals surface area contributed by atoms with Crippen molar-refractivity contribution in [2.75, 3.05) is 13.2 Å². The molecule has 1 aliphatic rings. The number of hydrogen-bond donors (Lipinski definition) is 1. The largest absolute Gasteiger partial charge is 0.376 e. The maximum Gasteiger partial charge on any atom is 0.275 e. The Balaban J connectivity index is 1.84. The number of aromatic nitrogens is 2. The quantitative estimate of drug-likeness (QED) is 0.927. The van der Waals surface area contributed by atoms with Crippen molar-refractivity contribution in [2.45, 2.75) is 25.9 Å². The molecular weight excluding hydrogens is 294 g/mol. The van der Waals surface area contributed by atoms with E-state index in [-0.39, 0.29) is 17.2 Å². The monoisotopic (exact) mass is 313 g/mol. The summed E-state index contributed by atoms with van der Waals surface area (Å²) in [6.07, 6.45) is 1.96. The van der Waals surface area contributed by atoms with Gasteiger partial charge in [-0.1, -0.05) is 18.2 Å². The van der Waals surface area contributed by atoms with Crippen LogP contribution in [0.5, 0.6) is 0 Å². The molecule has 0 bridgehead atoms. The summed E-state index contributed by atoms with van der Waals surface area (Å²) in [4.78, 5) is 24.4. The van der Waals surface area contributed by atoms with Crippen LogP contribution in [0.15, 0.2) is 41.2 Å². The van der Waals surface area contributed by atoms with Crippen molar-refractivity contribution >= 4 is 5.91 Å². The summed E-state index contributed by atoms with van der Waals surface area (Å²) in [7, 11) is 0. The first kappa shape index (κ1) is 15.4. The minimum absolute atomic E-state index is 0.0285. The van der Waals surface area contributed by atoms with Crippen molar-refractivity contribution in [3.63, 3.8) is 0 Å². The summed E-state index contributed by atoms with van der Waals surface area (Å²) in [5.74, 6) is -0.463. The summed E-state index contributed by atoms with van der Waals surface area (Å²) < 4.78 is 7.06. The molecule has 1 atom stereocenters. The van der Waals surface area contributed by atoms with Gasteiger partial charge < -0.3 is 10.1 Å². The molecule has 0 aliphatic carbocycles. The minimum atomic E-state index is -0.463. The zero-order chi connectivity index (χ0) is 16.2. The predicted octanol–water partition coefficient (Wildman–Crippen LogP) is 1.45. The van der Waals surface area contributed by atoms with E-state index in [0.717, 1.165) is 25.1 Å². The first-order valence-corrected chi connectivity index (χ1v) is 7.71. The molecule has 1 aliphatic heterocycles. The Hall–Kier alpha value is -2.47. The molecule has 2 heterocycles. The summed E-state index contributed by atoms with van der Waals surface area (Å²) >= 11 is 0. The Kier molecular flexibility index (Phi) is 4.52. The van der Waals surface area contributed by atoms with Gasteiger partial charge in [-0.05, 0) is 31.9 Å². The van der Waals surface area contributed by atoms with Crippen LogP contribution >= 0.6 is 0 Å². The molecule has 1 N–H and O–H groups in total. The minimum Gasteiger partial charge on any atom is -0.376 e. The SMILES string of the molecule is Cc1cc(=O)c(C(=O)NCC2CCCO2)nn1-c1ccccc1. The van der Waals surface area contributed by atoms with Gasteiger partial charge in [0.05, 0.1) is 11.8 Å². The Bertz CT molecular complexity index is 749. The van der Waals surface area contributed by atoms with Gasteiger partial charge in [-0.25, -0.2) is 4.68 Å². The summed E-state index contributed by atoms with van der Waals surface area (Å²) in [5, 5.41) is 6.98. The maximum absolute atomic E-state index is 12.3. The topological polar surface area (TPSA) is 73.2 Å². The molecule has 1 amide bonds. The number of nitrogens with zero attached hydrogens (tertiary/aromatic N) is 2. The summed E-state index contributed by atoms with van der Waals surface area (Å²) in [6, 6.07) is 10.8. The lowest BCUT2D eigenvalue weighted by molar-refractivity contribution is 0.0851. The third-order valence-corrected chi connectivity index (χ3v) is 3.84. The van der Waals surface area contributed by atoms with Crippen LogP contribution in [0, 0.1) is 6.92 Å². The Labute approximate surface area is 134 Å². The third kappa shape index (κ3) is 3.48. The lowest BCUT2D eigenvalue weighted by atomic mass is 10.2. The molecule has 1 unspecified atom stereocenters.